The maximum atomic E-state index is 11.7. The van der Waals surface area contributed by atoms with Crippen LogP contribution in [0.5, 0.6) is 0 Å². The number of carbonyl (C=O) groups is 1. The first kappa shape index (κ1) is 14.7. The van der Waals surface area contributed by atoms with Gasteiger partial charge < -0.3 is 15.8 Å². The second-order valence-corrected chi connectivity index (χ2v) is 4.27. The van der Waals surface area contributed by atoms with Crippen molar-refractivity contribution in [2.45, 2.75) is 25.3 Å². The molecular weight excluding hydrogens is 228 g/mol. The van der Waals surface area contributed by atoms with E-state index in [1.54, 1.807) is 7.11 Å². The summed E-state index contributed by atoms with van der Waals surface area (Å²) in [7, 11) is 1.65. The molecule has 0 saturated heterocycles. The van der Waals surface area contributed by atoms with Crippen LogP contribution in [0.25, 0.3) is 0 Å². The predicted molar refractivity (Wildman–Crippen MR) is 72.2 cm³/mol. The molecule has 0 heterocycles. The fourth-order valence-corrected chi connectivity index (χ4v) is 1.66. The number of hydrogen-bond donors (Lipinski definition) is 2. The molecule has 0 fully saturated rings. The number of methoxy groups -OCH3 is 1. The minimum atomic E-state index is -0.437. The highest BCUT2D eigenvalue weighted by atomic mass is 16.5. The first-order valence-corrected chi connectivity index (χ1v) is 6.30. The van der Waals surface area contributed by atoms with Gasteiger partial charge in [0.05, 0.1) is 6.04 Å². The van der Waals surface area contributed by atoms with Crippen LogP contribution in [0.15, 0.2) is 30.3 Å². The average molecular weight is 250 g/mol. The zero-order valence-electron chi connectivity index (χ0n) is 10.9. The van der Waals surface area contributed by atoms with E-state index in [-0.39, 0.29) is 5.91 Å². The normalized spacial score (nSPS) is 12.1. The number of hydrogen-bond acceptors (Lipinski definition) is 3. The molecule has 0 saturated carbocycles. The lowest BCUT2D eigenvalue weighted by molar-refractivity contribution is -0.122. The molecule has 0 aliphatic carbocycles. The molecule has 0 radical (unpaired) electrons. The number of nitrogens with two attached hydrogens (primary N) is 1. The Labute approximate surface area is 109 Å². The van der Waals surface area contributed by atoms with Gasteiger partial charge in [-0.05, 0) is 24.8 Å². The third-order valence-corrected chi connectivity index (χ3v) is 2.75. The Balaban J connectivity index is 2.19. The molecule has 1 aromatic carbocycles. The van der Waals surface area contributed by atoms with Crippen LogP contribution >= 0.6 is 0 Å². The number of carbonyl (C=O) groups excluding carboxylic acids is 1. The molecule has 0 aliphatic rings. The van der Waals surface area contributed by atoms with Gasteiger partial charge in [0.2, 0.25) is 5.91 Å². The molecule has 1 rings (SSSR count). The highest BCUT2D eigenvalue weighted by Crippen LogP contribution is 2.03. The Morgan fingerprint density at radius 2 is 2.11 bits per heavy atom. The SMILES string of the molecule is COCCCNC(=O)C(N)CCc1ccccc1. The number of rotatable bonds is 8. The van der Waals surface area contributed by atoms with E-state index >= 15 is 0 Å². The van der Waals surface area contributed by atoms with Gasteiger partial charge in [0.15, 0.2) is 0 Å². The van der Waals surface area contributed by atoms with Gasteiger partial charge in [-0.1, -0.05) is 30.3 Å². The molecule has 1 atom stereocenters. The molecule has 1 amide bonds. The van der Waals surface area contributed by atoms with E-state index in [4.69, 9.17) is 10.5 Å². The van der Waals surface area contributed by atoms with E-state index in [9.17, 15) is 4.79 Å². The van der Waals surface area contributed by atoms with Crippen LogP contribution in [0, 0.1) is 0 Å². The fraction of sp³-hybridized carbons (Fsp3) is 0.500. The summed E-state index contributed by atoms with van der Waals surface area (Å²) in [5.41, 5.74) is 7.04. The van der Waals surface area contributed by atoms with E-state index < -0.39 is 6.04 Å². The Morgan fingerprint density at radius 1 is 1.39 bits per heavy atom. The van der Waals surface area contributed by atoms with E-state index in [1.165, 1.54) is 5.56 Å². The van der Waals surface area contributed by atoms with Gasteiger partial charge in [-0.15, -0.1) is 0 Å². The van der Waals surface area contributed by atoms with Gasteiger partial charge in [-0.25, -0.2) is 0 Å². The van der Waals surface area contributed by atoms with Crippen molar-refractivity contribution in [3.05, 3.63) is 35.9 Å². The molecule has 0 spiro atoms. The Hall–Kier alpha value is -1.39. The Bertz CT molecular complexity index is 341. The summed E-state index contributed by atoms with van der Waals surface area (Å²) in [5, 5.41) is 2.81. The van der Waals surface area contributed by atoms with E-state index in [0.717, 1.165) is 12.8 Å². The monoisotopic (exact) mass is 250 g/mol. The van der Waals surface area contributed by atoms with Gasteiger partial charge in [0.1, 0.15) is 0 Å². The lowest BCUT2D eigenvalue weighted by Gasteiger charge is -2.12. The molecule has 0 bridgehead atoms. The van der Waals surface area contributed by atoms with E-state index in [1.807, 2.05) is 30.3 Å². The van der Waals surface area contributed by atoms with Gasteiger partial charge in [0, 0.05) is 20.3 Å². The van der Waals surface area contributed by atoms with E-state index in [0.29, 0.717) is 19.6 Å². The summed E-state index contributed by atoms with van der Waals surface area (Å²) in [6, 6.07) is 9.61. The first-order chi connectivity index (χ1) is 8.74. The standard InChI is InChI=1S/C14H22N2O2/c1-18-11-5-10-16-14(17)13(15)9-8-12-6-3-2-4-7-12/h2-4,6-7,13H,5,8-11,15H2,1H3,(H,16,17). The third kappa shape index (κ3) is 5.80. The van der Waals surface area contributed by atoms with Crippen molar-refractivity contribution in [1.82, 2.24) is 5.32 Å². The van der Waals surface area contributed by atoms with Crippen LogP contribution in [0.1, 0.15) is 18.4 Å². The molecule has 1 aromatic rings. The topological polar surface area (TPSA) is 64.3 Å². The lowest BCUT2D eigenvalue weighted by Crippen LogP contribution is -2.41. The molecule has 3 N–H and O–H groups in total. The van der Waals surface area contributed by atoms with Crippen LogP contribution in [0.3, 0.4) is 0 Å². The summed E-state index contributed by atoms with van der Waals surface area (Å²) >= 11 is 0. The first-order valence-electron chi connectivity index (χ1n) is 6.30. The zero-order valence-corrected chi connectivity index (χ0v) is 10.9. The molecule has 1 unspecified atom stereocenters. The second-order valence-electron chi connectivity index (χ2n) is 4.27. The van der Waals surface area contributed by atoms with Crippen LogP contribution < -0.4 is 11.1 Å². The van der Waals surface area contributed by atoms with Gasteiger partial charge >= 0.3 is 0 Å². The Kier molecular flexibility index (Phi) is 7.06. The van der Waals surface area contributed by atoms with Crippen LogP contribution in [-0.4, -0.2) is 32.2 Å². The number of aryl methyl sites for hydroxylation is 1. The second kappa shape index (κ2) is 8.66. The molecule has 100 valence electrons. The van der Waals surface area contributed by atoms with Gasteiger partial charge in [0.25, 0.3) is 0 Å². The maximum absolute atomic E-state index is 11.7. The van der Waals surface area contributed by atoms with E-state index in [2.05, 4.69) is 5.32 Å². The third-order valence-electron chi connectivity index (χ3n) is 2.75. The zero-order chi connectivity index (χ0) is 13.2. The van der Waals surface area contributed by atoms with Crippen LogP contribution in [0.4, 0.5) is 0 Å². The van der Waals surface area contributed by atoms with Crippen molar-refractivity contribution in [1.29, 1.82) is 0 Å². The number of benzene rings is 1. The number of amides is 1. The minimum absolute atomic E-state index is 0.0814. The predicted octanol–water partition coefficient (Wildman–Crippen LogP) is 1.10. The van der Waals surface area contributed by atoms with Crippen LogP contribution in [-0.2, 0) is 16.0 Å². The van der Waals surface area contributed by atoms with Crippen LogP contribution in [0.2, 0.25) is 0 Å². The fourth-order valence-electron chi connectivity index (χ4n) is 1.66. The number of ether oxygens (including phenoxy) is 1. The van der Waals surface area contributed by atoms with Crippen molar-refractivity contribution in [3.8, 4) is 0 Å². The van der Waals surface area contributed by atoms with Crippen molar-refractivity contribution < 1.29 is 9.53 Å². The summed E-state index contributed by atoms with van der Waals surface area (Å²) in [5.74, 6) is -0.0814. The van der Waals surface area contributed by atoms with Crippen molar-refractivity contribution >= 4 is 5.91 Å². The van der Waals surface area contributed by atoms with Crippen molar-refractivity contribution in [2.75, 3.05) is 20.3 Å². The summed E-state index contributed by atoms with van der Waals surface area (Å²) < 4.78 is 4.91. The largest absolute Gasteiger partial charge is 0.385 e. The average Bonchev–Trinajstić information content (AvgIpc) is 2.42. The smallest absolute Gasteiger partial charge is 0.236 e. The lowest BCUT2D eigenvalue weighted by atomic mass is 10.1. The molecule has 4 nitrogen and oxygen atoms in total. The highest BCUT2D eigenvalue weighted by Gasteiger charge is 2.12. The minimum Gasteiger partial charge on any atom is -0.385 e. The maximum Gasteiger partial charge on any atom is 0.236 e. The molecule has 0 aromatic heterocycles. The molecule has 4 heteroatoms. The molecular formula is C14H22N2O2. The summed E-state index contributed by atoms with van der Waals surface area (Å²) in [4.78, 5) is 11.7. The number of nitrogens with one attached hydrogen (secondary N) is 1. The quantitative estimate of drug-likeness (QED) is 0.679. The molecule has 0 aliphatic heterocycles. The van der Waals surface area contributed by atoms with Crippen molar-refractivity contribution in [3.63, 3.8) is 0 Å². The van der Waals surface area contributed by atoms with Crippen molar-refractivity contribution in [2.24, 2.45) is 5.73 Å². The highest BCUT2D eigenvalue weighted by molar-refractivity contribution is 5.81. The summed E-state index contributed by atoms with van der Waals surface area (Å²) in [6.45, 7) is 1.27. The summed E-state index contributed by atoms with van der Waals surface area (Å²) in [6.07, 6.45) is 2.31. The molecule has 18 heavy (non-hydrogen) atoms. The van der Waals surface area contributed by atoms with Gasteiger partial charge in [-0.2, -0.15) is 0 Å². The van der Waals surface area contributed by atoms with Gasteiger partial charge in [-0.3, -0.25) is 4.79 Å². The Morgan fingerprint density at radius 3 is 2.78 bits per heavy atom.